The highest BCUT2D eigenvalue weighted by molar-refractivity contribution is 5.35. The summed E-state index contributed by atoms with van der Waals surface area (Å²) >= 11 is 0. The number of alkyl halides is 2. The number of hydrogen-bond donors (Lipinski definition) is 1. The molecule has 0 radical (unpaired) electrons. The highest BCUT2D eigenvalue weighted by Gasteiger charge is 2.15. The molecule has 0 amide bonds. The summed E-state index contributed by atoms with van der Waals surface area (Å²) in [6, 6.07) is 2.94. The Balaban J connectivity index is 3.21. The maximum Gasteiger partial charge on any atom is 0.280 e. The van der Waals surface area contributed by atoms with Gasteiger partial charge in [0.25, 0.3) is 6.43 Å². The van der Waals surface area contributed by atoms with Crippen LogP contribution in [-0.4, -0.2) is 10.1 Å². The third-order valence-electron chi connectivity index (χ3n) is 1.76. The maximum atomic E-state index is 12.4. The second kappa shape index (κ2) is 4.01. The predicted molar refractivity (Wildman–Crippen MR) is 44.9 cm³/mol. The molecule has 74 valence electrons. The zero-order valence-corrected chi connectivity index (χ0v) is 7.46. The van der Waals surface area contributed by atoms with Crippen LogP contribution in [0.3, 0.4) is 0 Å². The average molecular weight is 198 g/mol. The lowest BCUT2D eigenvalue weighted by Gasteiger charge is -2.07. The Morgan fingerprint density at radius 2 is 2.29 bits per heavy atom. The third kappa shape index (κ3) is 1.96. The molecule has 1 heterocycles. The van der Waals surface area contributed by atoms with Crippen molar-refractivity contribution < 1.29 is 13.9 Å². The van der Waals surface area contributed by atoms with Crippen molar-refractivity contribution in [2.24, 2.45) is 0 Å². The van der Waals surface area contributed by atoms with Crippen molar-refractivity contribution in [3.05, 3.63) is 23.0 Å². The molecule has 0 bridgehead atoms. The van der Waals surface area contributed by atoms with Crippen LogP contribution in [0.4, 0.5) is 8.78 Å². The fraction of sp³-hybridized carbons (Fsp3) is 0.333. The third-order valence-corrected chi connectivity index (χ3v) is 1.76. The summed E-state index contributed by atoms with van der Waals surface area (Å²) in [7, 11) is 0. The smallest absolute Gasteiger partial charge is 0.280 e. The summed E-state index contributed by atoms with van der Waals surface area (Å²) in [5.41, 5.74) is -0.166. The Morgan fingerprint density at radius 3 is 2.79 bits per heavy atom. The van der Waals surface area contributed by atoms with Crippen molar-refractivity contribution in [1.82, 2.24) is 4.98 Å². The van der Waals surface area contributed by atoms with Crippen LogP contribution in [0.2, 0.25) is 0 Å². The number of aromatic nitrogens is 1. The van der Waals surface area contributed by atoms with E-state index in [-0.39, 0.29) is 29.1 Å². The maximum absolute atomic E-state index is 12.4. The fourth-order valence-electron chi connectivity index (χ4n) is 1.08. The van der Waals surface area contributed by atoms with Gasteiger partial charge in [-0.2, -0.15) is 5.26 Å². The summed E-state index contributed by atoms with van der Waals surface area (Å²) in [5, 5.41) is 17.6. The first kappa shape index (κ1) is 10.4. The van der Waals surface area contributed by atoms with E-state index in [1.165, 1.54) is 13.0 Å². The first-order valence-corrected chi connectivity index (χ1v) is 3.90. The molecule has 0 saturated heterocycles. The molecule has 5 heteroatoms. The molecule has 0 fully saturated rings. The summed E-state index contributed by atoms with van der Waals surface area (Å²) in [5.74, 6) is -0.214. The van der Waals surface area contributed by atoms with Crippen LogP contribution in [0, 0.1) is 18.3 Å². The van der Waals surface area contributed by atoms with E-state index in [2.05, 4.69) is 4.98 Å². The van der Waals surface area contributed by atoms with Crippen LogP contribution in [0.1, 0.15) is 23.4 Å². The van der Waals surface area contributed by atoms with Gasteiger partial charge in [-0.15, -0.1) is 0 Å². The van der Waals surface area contributed by atoms with Crippen LogP contribution in [-0.2, 0) is 6.42 Å². The lowest BCUT2D eigenvalue weighted by Crippen LogP contribution is -1.99. The van der Waals surface area contributed by atoms with Crippen molar-refractivity contribution in [3.8, 4) is 11.8 Å². The highest BCUT2D eigenvalue weighted by Crippen LogP contribution is 2.25. The summed E-state index contributed by atoms with van der Waals surface area (Å²) < 4.78 is 24.7. The number of nitriles is 1. The summed E-state index contributed by atoms with van der Waals surface area (Å²) in [4.78, 5) is 3.54. The number of pyridine rings is 1. The molecule has 0 unspecified atom stereocenters. The SMILES string of the molecule is Cc1cc(O)c(CC#N)nc1C(F)F. The van der Waals surface area contributed by atoms with Gasteiger partial charge in [0.15, 0.2) is 0 Å². The molecule has 0 atom stereocenters. The Morgan fingerprint density at radius 1 is 1.64 bits per heavy atom. The molecule has 0 aliphatic carbocycles. The molecule has 1 rings (SSSR count). The number of hydrogen-bond acceptors (Lipinski definition) is 3. The molecule has 1 aromatic heterocycles. The highest BCUT2D eigenvalue weighted by atomic mass is 19.3. The van der Waals surface area contributed by atoms with E-state index in [1.807, 2.05) is 0 Å². The van der Waals surface area contributed by atoms with Gasteiger partial charge in [0.1, 0.15) is 11.4 Å². The van der Waals surface area contributed by atoms with Crippen molar-refractivity contribution in [2.45, 2.75) is 19.8 Å². The fourth-order valence-corrected chi connectivity index (χ4v) is 1.08. The molecule has 0 aliphatic rings. The van der Waals surface area contributed by atoms with Gasteiger partial charge in [-0.05, 0) is 18.6 Å². The number of aryl methyl sites for hydroxylation is 1. The molecule has 0 saturated carbocycles. The topological polar surface area (TPSA) is 56.9 Å². The van der Waals surface area contributed by atoms with E-state index in [0.29, 0.717) is 0 Å². The molecule has 1 aromatic rings. The van der Waals surface area contributed by atoms with E-state index >= 15 is 0 Å². The molecule has 1 N–H and O–H groups in total. The van der Waals surface area contributed by atoms with E-state index < -0.39 is 6.43 Å². The van der Waals surface area contributed by atoms with E-state index in [4.69, 9.17) is 5.26 Å². The minimum atomic E-state index is -2.69. The molecule has 0 spiro atoms. The molecule has 0 aliphatic heterocycles. The monoisotopic (exact) mass is 198 g/mol. The van der Waals surface area contributed by atoms with Crippen molar-refractivity contribution in [1.29, 1.82) is 5.26 Å². The first-order valence-electron chi connectivity index (χ1n) is 3.90. The lowest BCUT2D eigenvalue weighted by atomic mass is 10.1. The quantitative estimate of drug-likeness (QED) is 0.791. The Hall–Kier alpha value is -1.70. The Labute approximate surface area is 79.6 Å². The van der Waals surface area contributed by atoms with Crippen molar-refractivity contribution in [3.63, 3.8) is 0 Å². The molecular formula is C9H8F2N2O. The standard InChI is InChI=1S/C9H8F2N2O/c1-5-4-7(14)6(2-3-12)13-8(5)9(10)11/h4,9,14H,2H2,1H3. The average Bonchev–Trinajstić information content (AvgIpc) is 2.09. The van der Waals surface area contributed by atoms with Gasteiger partial charge in [-0.3, -0.25) is 0 Å². The summed E-state index contributed by atoms with van der Waals surface area (Å²) in [6.45, 7) is 1.43. The zero-order chi connectivity index (χ0) is 10.7. The van der Waals surface area contributed by atoms with Gasteiger partial charge in [-0.1, -0.05) is 0 Å². The van der Waals surface area contributed by atoms with Gasteiger partial charge in [-0.25, -0.2) is 13.8 Å². The first-order chi connectivity index (χ1) is 6.56. The molecule has 14 heavy (non-hydrogen) atoms. The molecule has 3 nitrogen and oxygen atoms in total. The minimum Gasteiger partial charge on any atom is -0.506 e. The number of halogens is 2. The predicted octanol–water partition coefficient (Wildman–Crippen LogP) is 2.10. The van der Waals surface area contributed by atoms with Crippen molar-refractivity contribution >= 4 is 0 Å². The molecule has 0 aromatic carbocycles. The van der Waals surface area contributed by atoms with Crippen LogP contribution >= 0.6 is 0 Å². The number of aromatic hydroxyl groups is 1. The van der Waals surface area contributed by atoms with Crippen LogP contribution in [0.25, 0.3) is 0 Å². The van der Waals surface area contributed by atoms with Gasteiger partial charge in [0, 0.05) is 0 Å². The van der Waals surface area contributed by atoms with Gasteiger partial charge >= 0.3 is 0 Å². The van der Waals surface area contributed by atoms with E-state index in [1.54, 1.807) is 6.07 Å². The zero-order valence-electron chi connectivity index (χ0n) is 7.46. The summed E-state index contributed by atoms with van der Waals surface area (Å²) in [6.07, 6.45) is -2.86. The van der Waals surface area contributed by atoms with Gasteiger partial charge in [0.05, 0.1) is 18.2 Å². The Bertz CT molecular complexity index is 385. The van der Waals surface area contributed by atoms with E-state index in [9.17, 15) is 13.9 Å². The van der Waals surface area contributed by atoms with Crippen molar-refractivity contribution in [2.75, 3.05) is 0 Å². The number of rotatable bonds is 2. The normalized spacial score (nSPS) is 10.2. The molecular weight excluding hydrogens is 190 g/mol. The second-order valence-electron chi connectivity index (χ2n) is 2.79. The van der Waals surface area contributed by atoms with Gasteiger partial charge in [0.2, 0.25) is 0 Å². The lowest BCUT2D eigenvalue weighted by molar-refractivity contribution is 0.145. The number of nitrogens with zero attached hydrogens (tertiary/aromatic N) is 2. The minimum absolute atomic E-state index is 0.00611. The second-order valence-corrected chi connectivity index (χ2v) is 2.79. The Kier molecular flexibility index (Phi) is 2.97. The van der Waals surface area contributed by atoms with Crippen LogP contribution in [0.15, 0.2) is 6.07 Å². The van der Waals surface area contributed by atoms with Crippen LogP contribution < -0.4 is 0 Å². The van der Waals surface area contributed by atoms with E-state index in [0.717, 1.165) is 0 Å². The largest absolute Gasteiger partial charge is 0.506 e. The van der Waals surface area contributed by atoms with Gasteiger partial charge < -0.3 is 5.11 Å². The van der Waals surface area contributed by atoms with Crippen LogP contribution in [0.5, 0.6) is 5.75 Å².